The SMILES string of the molecule is C[C@@H](c1ccc(Br)cc1)N1CCC(CCC(=O)O)(c2ccc(F)cc2)OC1=O. The number of halogens is 2. The van der Waals surface area contributed by atoms with Gasteiger partial charge in [-0.3, -0.25) is 4.79 Å². The van der Waals surface area contributed by atoms with Crippen LogP contribution in [0.5, 0.6) is 0 Å². The molecule has 0 radical (unpaired) electrons. The van der Waals surface area contributed by atoms with Gasteiger partial charge in [0.2, 0.25) is 0 Å². The molecule has 1 unspecified atom stereocenters. The molecule has 1 heterocycles. The number of nitrogens with zero attached hydrogens (tertiary/aromatic N) is 1. The van der Waals surface area contributed by atoms with Crippen LogP contribution < -0.4 is 0 Å². The molecule has 0 aliphatic carbocycles. The van der Waals surface area contributed by atoms with Gasteiger partial charge in [-0.1, -0.05) is 40.2 Å². The molecule has 3 rings (SSSR count). The minimum atomic E-state index is -1.07. The first kappa shape index (κ1) is 20.3. The highest BCUT2D eigenvalue weighted by Crippen LogP contribution is 2.40. The Balaban J connectivity index is 1.83. The highest BCUT2D eigenvalue weighted by molar-refractivity contribution is 9.10. The Labute approximate surface area is 171 Å². The van der Waals surface area contributed by atoms with Crippen molar-refractivity contribution in [1.82, 2.24) is 4.90 Å². The Morgan fingerprint density at radius 2 is 1.89 bits per heavy atom. The van der Waals surface area contributed by atoms with E-state index < -0.39 is 23.5 Å². The number of cyclic esters (lactones) is 1. The number of benzene rings is 2. The van der Waals surface area contributed by atoms with Gasteiger partial charge in [0.1, 0.15) is 11.4 Å². The number of carbonyl (C=O) groups is 2. The van der Waals surface area contributed by atoms with Crippen LogP contribution in [0.1, 0.15) is 43.4 Å². The van der Waals surface area contributed by atoms with Gasteiger partial charge in [-0.2, -0.15) is 0 Å². The zero-order valence-electron chi connectivity index (χ0n) is 15.4. The third kappa shape index (κ3) is 4.35. The van der Waals surface area contributed by atoms with Gasteiger partial charge in [0.15, 0.2) is 0 Å². The first-order valence-corrected chi connectivity index (χ1v) is 9.83. The quantitative estimate of drug-likeness (QED) is 0.653. The van der Waals surface area contributed by atoms with Gasteiger partial charge in [0.25, 0.3) is 0 Å². The smallest absolute Gasteiger partial charge is 0.411 e. The topological polar surface area (TPSA) is 66.8 Å². The Hall–Kier alpha value is -2.41. The molecule has 2 aromatic rings. The third-order valence-electron chi connectivity index (χ3n) is 5.21. The molecule has 2 aromatic carbocycles. The normalized spacial score (nSPS) is 20.5. The number of aliphatic carboxylic acids is 1. The van der Waals surface area contributed by atoms with Crippen LogP contribution in [0.4, 0.5) is 9.18 Å². The minimum Gasteiger partial charge on any atom is -0.481 e. The second kappa shape index (κ2) is 8.31. The molecule has 0 bridgehead atoms. The lowest BCUT2D eigenvalue weighted by Crippen LogP contribution is -2.49. The number of carboxylic acids is 1. The van der Waals surface area contributed by atoms with Gasteiger partial charge in [-0.25, -0.2) is 9.18 Å². The van der Waals surface area contributed by atoms with Crippen molar-refractivity contribution in [2.75, 3.05) is 6.54 Å². The van der Waals surface area contributed by atoms with Gasteiger partial charge in [-0.15, -0.1) is 0 Å². The Morgan fingerprint density at radius 3 is 2.46 bits per heavy atom. The molecule has 5 nitrogen and oxygen atoms in total. The summed E-state index contributed by atoms with van der Waals surface area (Å²) in [6.07, 6.45) is -0.0811. The Morgan fingerprint density at radius 1 is 1.25 bits per heavy atom. The summed E-state index contributed by atoms with van der Waals surface area (Å²) >= 11 is 3.40. The first-order chi connectivity index (χ1) is 13.3. The zero-order valence-corrected chi connectivity index (χ0v) is 17.0. The second-order valence-corrected chi connectivity index (χ2v) is 7.85. The third-order valence-corrected chi connectivity index (χ3v) is 5.74. The molecular weight excluding hydrogens is 429 g/mol. The van der Waals surface area contributed by atoms with E-state index in [2.05, 4.69) is 15.9 Å². The minimum absolute atomic E-state index is 0.139. The van der Waals surface area contributed by atoms with E-state index in [9.17, 15) is 14.0 Å². The van der Waals surface area contributed by atoms with Crippen molar-refractivity contribution in [1.29, 1.82) is 0 Å². The summed E-state index contributed by atoms with van der Waals surface area (Å²) in [6, 6.07) is 13.2. The van der Waals surface area contributed by atoms with E-state index >= 15 is 0 Å². The molecule has 1 aliphatic rings. The molecule has 28 heavy (non-hydrogen) atoms. The van der Waals surface area contributed by atoms with Gasteiger partial charge in [0, 0.05) is 30.3 Å². The van der Waals surface area contributed by atoms with E-state index in [-0.39, 0.29) is 18.9 Å². The summed E-state index contributed by atoms with van der Waals surface area (Å²) in [6.45, 7) is 2.33. The van der Waals surface area contributed by atoms with Gasteiger partial charge in [-0.05, 0) is 42.3 Å². The van der Waals surface area contributed by atoms with E-state index in [1.807, 2.05) is 31.2 Å². The lowest BCUT2D eigenvalue weighted by molar-refractivity contribution is -0.139. The highest BCUT2D eigenvalue weighted by atomic mass is 79.9. The highest BCUT2D eigenvalue weighted by Gasteiger charge is 2.43. The van der Waals surface area contributed by atoms with Crippen LogP contribution in [0.25, 0.3) is 0 Å². The second-order valence-electron chi connectivity index (χ2n) is 6.93. The molecule has 1 aliphatic heterocycles. The Kier molecular flexibility index (Phi) is 6.03. The number of carboxylic acid groups (broad SMARTS) is 1. The number of ether oxygens (including phenoxy) is 1. The van der Waals surface area contributed by atoms with Gasteiger partial charge in [0.05, 0.1) is 6.04 Å². The lowest BCUT2D eigenvalue weighted by Gasteiger charge is -2.43. The number of rotatable bonds is 6. The van der Waals surface area contributed by atoms with Crippen LogP contribution in [0.15, 0.2) is 53.0 Å². The van der Waals surface area contributed by atoms with E-state index in [1.54, 1.807) is 17.0 Å². The van der Waals surface area contributed by atoms with E-state index in [4.69, 9.17) is 9.84 Å². The first-order valence-electron chi connectivity index (χ1n) is 9.04. The van der Waals surface area contributed by atoms with Crippen LogP contribution in [0.3, 0.4) is 0 Å². The predicted octanol–water partition coefficient (Wildman–Crippen LogP) is 5.25. The van der Waals surface area contributed by atoms with Crippen molar-refractivity contribution in [2.45, 2.75) is 37.8 Å². The van der Waals surface area contributed by atoms with Crippen molar-refractivity contribution < 1.29 is 23.8 Å². The molecule has 0 aromatic heterocycles. The van der Waals surface area contributed by atoms with Crippen LogP contribution in [0.2, 0.25) is 0 Å². The molecule has 148 valence electrons. The van der Waals surface area contributed by atoms with Crippen molar-refractivity contribution in [3.63, 3.8) is 0 Å². The number of hydrogen-bond donors (Lipinski definition) is 1. The summed E-state index contributed by atoms with van der Waals surface area (Å²) in [5.41, 5.74) is 0.512. The number of hydrogen-bond acceptors (Lipinski definition) is 3. The Bertz CT molecular complexity index is 856. The predicted molar refractivity (Wildman–Crippen MR) is 105 cm³/mol. The fourth-order valence-corrected chi connectivity index (χ4v) is 3.79. The van der Waals surface area contributed by atoms with Crippen LogP contribution in [0, 0.1) is 5.82 Å². The molecule has 1 N–H and O–H groups in total. The largest absolute Gasteiger partial charge is 0.481 e. The lowest BCUT2D eigenvalue weighted by atomic mass is 9.84. The summed E-state index contributed by atoms with van der Waals surface area (Å²) in [5, 5.41) is 9.11. The van der Waals surface area contributed by atoms with Crippen LogP contribution in [-0.4, -0.2) is 28.6 Å². The summed E-state index contributed by atoms with van der Waals surface area (Å²) < 4.78 is 20.1. The fraction of sp³-hybridized carbons (Fsp3) is 0.333. The number of amides is 1. The maximum absolute atomic E-state index is 13.3. The maximum Gasteiger partial charge on any atom is 0.411 e. The van der Waals surface area contributed by atoms with Gasteiger partial charge >= 0.3 is 12.1 Å². The average molecular weight is 450 g/mol. The standard InChI is InChI=1S/C21H21BrFNO4/c1-14(15-2-6-17(22)7-3-15)24-13-12-21(28-20(24)27,11-10-19(25)26)16-4-8-18(23)9-5-16/h2-9,14H,10-13H2,1H3,(H,25,26)/t14-,21?/m0/s1. The molecule has 0 spiro atoms. The van der Waals surface area contributed by atoms with Crippen molar-refractivity contribution >= 4 is 28.0 Å². The van der Waals surface area contributed by atoms with E-state index in [1.165, 1.54) is 12.1 Å². The van der Waals surface area contributed by atoms with Gasteiger partial charge < -0.3 is 14.7 Å². The molecule has 0 saturated carbocycles. The van der Waals surface area contributed by atoms with E-state index in [0.29, 0.717) is 18.5 Å². The summed E-state index contributed by atoms with van der Waals surface area (Å²) in [5.74, 6) is -1.37. The molecular formula is C21H21BrFNO4. The molecule has 2 atom stereocenters. The van der Waals surface area contributed by atoms with Crippen molar-refractivity contribution in [3.8, 4) is 0 Å². The van der Waals surface area contributed by atoms with Crippen LogP contribution in [-0.2, 0) is 15.1 Å². The van der Waals surface area contributed by atoms with Crippen molar-refractivity contribution in [3.05, 3.63) is 69.9 Å². The zero-order chi connectivity index (χ0) is 20.3. The monoisotopic (exact) mass is 449 g/mol. The molecule has 7 heteroatoms. The van der Waals surface area contributed by atoms with Crippen LogP contribution >= 0.6 is 15.9 Å². The average Bonchev–Trinajstić information content (AvgIpc) is 2.67. The molecule has 1 saturated heterocycles. The summed E-state index contributed by atoms with van der Waals surface area (Å²) in [4.78, 5) is 25.6. The molecule has 1 amide bonds. The summed E-state index contributed by atoms with van der Waals surface area (Å²) in [7, 11) is 0. The molecule has 1 fully saturated rings. The maximum atomic E-state index is 13.3. The van der Waals surface area contributed by atoms with E-state index in [0.717, 1.165) is 10.0 Å². The number of carbonyl (C=O) groups excluding carboxylic acids is 1. The van der Waals surface area contributed by atoms with Crippen molar-refractivity contribution in [2.24, 2.45) is 0 Å². The fourth-order valence-electron chi connectivity index (χ4n) is 3.53.